The molecule has 29 heavy (non-hydrogen) atoms. The summed E-state index contributed by atoms with van der Waals surface area (Å²) in [6, 6.07) is 9.52. The number of halogens is 1. The first-order valence-corrected chi connectivity index (χ1v) is 9.42. The second kappa shape index (κ2) is 8.96. The standard InChI is InChI=1S/C22H24FNO5/c1-14(2)13-28-19-7-6-17(23)10-16(19)12-24-11-15(8-9-25)21-18(24)4-3-5-20(21)29-22(26)27/h3-7,10-11,14,25H,8-9,12-13H2,1-2H3,(H,26,27). The zero-order valence-corrected chi connectivity index (χ0v) is 16.4. The van der Waals surface area contributed by atoms with Crippen molar-refractivity contribution in [1.82, 2.24) is 4.57 Å². The van der Waals surface area contributed by atoms with Gasteiger partial charge in [0.2, 0.25) is 0 Å². The Kier molecular flexibility index (Phi) is 6.39. The van der Waals surface area contributed by atoms with E-state index in [4.69, 9.17) is 14.6 Å². The smallest absolute Gasteiger partial charge is 0.493 e. The zero-order valence-electron chi connectivity index (χ0n) is 16.4. The van der Waals surface area contributed by atoms with E-state index in [1.807, 2.05) is 30.7 Å². The molecule has 0 unspecified atom stereocenters. The van der Waals surface area contributed by atoms with Crippen molar-refractivity contribution >= 4 is 17.1 Å². The van der Waals surface area contributed by atoms with E-state index in [1.54, 1.807) is 18.2 Å². The molecular weight excluding hydrogens is 377 g/mol. The summed E-state index contributed by atoms with van der Waals surface area (Å²) in [4.78, 5) is 11.1. The SMILES string of the molecule is CC(C)COc1ccc(F)cc1Cn1cc(CCO)c2c(OC(=O)O)cccc21. The Morgan fingerprint density at radius 3 is 2.66 bits per heavy atom. The second-order valence-electron chi connectivity index (χ2n) is 7.23. The third-order valence-electron chi connectivity index (χ3n) is 4.46. The van der Waals surface area contributed by atoms with Gasteiger partial charge in [-0.05, 0) is 48.2 Å². The van der Waals surface area contributed by atoms with Gasteiger partial charge < -0.3 is 24.3 Å². The van der Waals surface area contributed by atoms with Crippen molar-refractivity contribution in [3.8, 4) is 11.5 Å². The molecule has 0 amide bonds. The minimum Gasteiger partial charge on any atom is -0.493 e. The summed E-state index contributed by atoms with van der Waals surface area (Å²) >= 11 is 0. The van der Waals surface area contributed by atoms with Crippen LogP contribution in [0.15, 0.2) is 42.6 Å². The molecular formula is C22H24FNO5. The van der Waals surface area contributed by atoms with E-state index in [9.17, 15) is 14.3 Å². The van der Waals surface area contributed by atoms with Crippen LogP contribution < -0.4 is 9.47 Å². The van der Waals surface area contributed by atoms with Crippen molar-refractivity contribution in [2.45, 2.75) is 26.8 Å². The summed E-state index contributed by atoms with van der Waals surface area (Å²) in [6.07, 6.45) is 0.755. The van der Waals surface area contributed by atoms with Crippen LogP contribution in [-0.2, 0) is 13.0 Å². The molecule has 0 radical (unpaired) electrons. The Bertz CT molecular complexity index is 1010. The van der Waals surface area contributed by atoms with Gasteiger partial charge in [0.1, 0.15) is 17.3 Å². The fraction of sp³-hybridized carbons (Fsp3) is 0.318. The zero-order chi connectivity index (χ0) is 21.0. The molecule has 0 aliphatic carbocycles. The number of aliphatic hydroxyl groups is 1. The fourth-order valence-electron chi connectivity index (χ4n) is 3.28. The van der Waals surface area contributed by atoms with Crippen LogP contribution in [0.25, 0.3) is 10.9 Å². The first kappa shape index (κ1) is 20.7. The minimum atomic E-state index is -1.41. The number of ether oxygens (including phenoxy) is 2. The third kappa shape index (κ3) is 4.86. The molecule has 0 saturated heterocycles. The van der Waals surface area contributed by atoms with Crippen molar-refractivity contribution in [3.63, 3.8) is 0 Å². The van der Waals surface area contributed by atoms with Crippen LogP contribution in [0.4, 0.5) is 9.18 Å². The van der Waals surface area contributed by atoms with Gasteiger partial charge in [0.05, 0.1) is 18.7 Å². The normalized spacial score (nSPS) is 11.2. The first-order chi connectivity index (χ1) is 13.9. The average molecular weight is 401 g/mol. The van der Waals surface area contributed by atoms with E-state index in [-0.39, 0.29) is 18.2 Å². The summed E-state index contributed by atoms with van der Waals surface area (Å²) < 4.78 is 26.6. The molecule has 154 valence electrons. The highest BCUT2D eigenvalue weighted by Gasteiger charge is 2.17. The molecule has 3 aromatic rings. The lowest BCUT2D eigenvalue weighted by molar-refractivity contribution is 0.145. The predicted octanol–water partition coefficient (Wildman–Crippen LogP) is 4.46. The van der Waals surface area contributed by atoms with Gasteiger partial charge in [-0.1, -0.05) is 19.9 Å². The van der Waals surface area contributed by atoms with Gasteiger partial charge in [0.15, 0.2) is 0 Å². The van der Waals surface area contributed by atoms with E-state index < -0.39 is 6.16 Å². The number of benzene rings is 2. The molecule has 1 heterocycles. The molecule has 0 aliphatic rings. The largest absolute Gasteiger partial charge is 0.511 e. The lowest BCUT2D eigenvalue weighted by Crippen LogP contribution is -2.08. The number of hydrogen-bond acceptors (Lipinski definition) is 4. The van der Waals surface area contributed by atoms with Gasteiger partial charge >= 0.3 is 6.16 Å². The van der Waals surface area contributed by atoms with Crippen LogP contribution in [-0.4, -0.2) is 34.1 Å². The molecule has 0 fully saturated rings. The Morgan fingerprint density at radius 2 is 1.97 bits per heavy atom. The molecule has 1 aromatic heterocycles. The van der Waals surface area contributed by atoms with Gasteiger partial charge in [0.25, 0.3) is 0 Å². The van der Waals surface area contributed by atoms with E-state index in [2.05, 4.69) is 0 Å². The number of nitrogens with zero attached hydrogens (tertiary/aromatic N) is 1. The number of hydrogen-bond donors (Lipinski definition) is 2. The maximum absolute atomic E-state index is 13.9. The lowest BCUT2D eigenvalue weighted by atomic mass is 10.1. The second-order valence-corrected chi connectivity index (χ2v) is 7.23. The van der Waals surface area contributed by atoms with Gasteiger partial charge in [-0.2, -0.15) is 0 Å². The maximum atomic E-state index is 13.9. The molecule has 6 nitrogen and oxygen atoms in total. The molecule has 0 bridgehead atoms. The topological polar surface area (TPSA) is 80.9 Å². The Balaban J connectivity index is 2.05. The van der Waals surface area contributed by atoms with Crippen LogP contribution in [0.3, 0.4) is 0 Å². The Hall–Kier alpha value is -3.06. The maximum Gasteiger partial charge on any atom is 0.511 e. The quantitative estimate of drug-likeness (QED) is 0.430. The number of aliphatic hydroxyl groups excluding tert-OH is 1. The molecule has 0 saturated carbocycles. The monoisotopic (exact) mass is 401 g/mol. The van der Waals surface area contributed by atoms with E-state index in [0.717, 1.165) is 11.1 Å². The minimum absolute atomic E-state index is 0.0940. The summed E-state index contributed by atoms with van der Waals surface area (Å²) in [5.41, 5.74) is 2.15. The molecule has 0 aliphatic heterocycles. The van der Waals surface area contributed by atoms with Crippen LogP contribution in [0.2, 0.25) is 0 Å². The summed E-state index contributed by atoms with van der Waals surface area (Å²) in [5, 5.41) is 19.1. The summed E-state index contributed by atoms with van der Waals surface area (Å²) in [7, 11) is 0. The van der Waals surface area contributed by atoms with Crippen molar-refractivity contribution in [2.75, 3.05) is 13.2 Å². The van der Waals surface area contributed by atoms with Crippen LogP contribution >= 0.6 is 0 Å². The number of carbonyl (C=O) groups is 1. The van der Waals surface area contributed by atoms with E-state index >= 15 is 0 Å². The number of rotatable bonds is 8. The predicted molar refractivity (Wildman–Crippen MR) is 107 cm³/mol. The van der Waals surface area contributed by atoms with Crippen LogP contribution in [0.1, 0.15) is 25.0 Å². The van der Waals surface area contributed by atoms with Crippen LogP contribution in [0.5, 0.6) is 11.5 Å². The van der Waals surface area contributed by atoms with Gasteiger partial charge in [-0.3, -0.25) is 0 Å². The summed E-state index contributed by atoms with van der Waals surface area (Å²) in [6.45, 7) is 4.81. The van der Waals surface area contributed by atoms with Crippen molar-refractivity contribution in [2.24, 2.45) is 5.92 Å². The van der Waals surface area contributed by atoms with Crippen molar-refractivity contribution < 1.29 is 28.9 Å². The van der Waals surface area contributed by atoms with Crippen molar-refractivity contribution in [3.05, 3.63) is 59.5 Å². The number of carboxylic acid groups (broad SMARTS) is 1. The van der Waals surface area contributed by atoms with Gasteiger partial charge in [-0.25, -0.2) is 9.18 Å². The van der Waals surface area contributed by atoms with E-state index in [0.29, 0.717) is 42.2 Å². The molecule has 0 atom stereocenters. The number of aromatic nitrogens is 1. The van der Waals surface area contributed by atoms with Gasteiger partial charge in [-0.15, -0.1) is 0 Å². The Morgan fingerprint density at radius 1 is 1.17 bits per heavy atom. The molecule has 2 aromatic carbocycles. The molecule has 2 N–H and O–H groups in total. The molecule has 0 spiro atoms. The lowest BCUT2D eigenvalue weighted by Gasteiger charge is -2.14. The van der Waals surface area contributed by atoms with Crippen LogP contribution in [0, 0.1) is 11.7 Å². The third-order valence-corrected chi connectivity index (χ3v) is 4.46. The molecule has 3 rings (SSSR count). The Labute approximate surface area is 168 Å². The highest BCUT2D eigenvalue weighted by molar-refractivity contribution is 5.91. The average Bonchev–Trinajstić information content (AvgIpc) is 2.99. The highest BCUT2D eigenvalue weighted by Crippen LogP contribution is 2.33. The number of fused-ring (bicyclic) bond motifs is 1. The summed E-state index contributed by atoms with van der Waals surface area (Å²) in [5.74, 6) is 0.766. The van der Waals surface area contributed by atoms with Gasteiger partial charge in [0, 0.05) is 23.8 Å². The first-order valence-electron chi connectivity index (χ1n) is 9.42. The van der Waals surface area contributed by atoms with E-state index in [1.165, 1.54) is 12.1 Å². The molecule has 7 heteroatoms. The fourth-order valence-corrected chi connectivity index (χ4v) is 3.28. The van der Waals surface area contributed by atoms with Crippen molar-refractivity contribution in [1.29, 1.82) is 0 Å². The highest BCUT2D eigenvalue weighted by atomic mass is 19.1.